The van der Waals surface area contributed by atoms with Gasteiger partial charge in [-0.3, -0.25) is 4.79 Å². The van der Waals surface area contributed by atoms with Crippen LogP contribution in [-0.4, -0.2) is 16.0 Å². The van der Waals surface area contributed by atoms with E-state index >= 15 is 0 Å². The molecule has 0 fully saturated rings. The van der Waals surface area contributed by atoms with Gasteiger partial charge in [0.15, 0.2) is 5.82 Å². The third kappa shape index (κ3) is 5.37. The molecule has 6 nitrogen and oxygen atoms in total. The zero-order chi connectivity index (χ0) is 15.1. The predicted molar refractivity (Wildman–Crippen MR) is 88.0 cm³/mol. The number of aromatic nitrogens is 2. The van der Waals surface area contributed by atoms with Crippen LogP contribution in [0.25, 0.3) is 0 Å². The van der Waals surface area contributed by atoms with Gasteiger partial charge in [0.25, 0.3) is 0 Å². The molecule has 0 unspecified atom stereocenters. The second-order valence-corrected chi connectivity index (χ2v) is 4.84. The molecule has 7 heteroatoms. The van der Waals surface area contributed by atoms with Crippen LogP contribution < -0.4 is 11.1 Å². The first kappa shape index (κ1) is 18.0. The fraction of sp³-hybridized carbons (Fsp3) is 0.400. The Hall–Kier alpha value is -2.08. The molecular formula is C15H21ClN4O2. The number of aryl methyl sites for hydroxylation is 2. The van der Waals surface area contributed by atoms with Gasteiger partial charge in [0.05, 0.1) is 11.4 Å². The minimum atomic E-state index is -0.0683. The summed E-state index contributed by atoms with van der Waals surface area (Å²) < 4.78 is 5.12. The molecule has 120 valence electrons. The summed E-state index contributed by atoms with van der Waals surface area (Å²) in [5.41, 5.74) is 6.98. The Kier molecular flexibility index (Phi) is 7.39. The van der Waals surface area contributed by atoms with Crippen molar-refractivity contribution in [1.82, 2.24) is 10.1 Å². The number of benzene rings is 1. The quantitative estimate of drug-likeness (QED) is 0.763. The van der Waals surface area contributed by atoms with Crippen molar-refractivity contribution in [2.24, 2.45) is 0 Å². The monoisotopic (exact) mass is 324 g/mol. The molecule has 0 radical (unpaired) electrons. The molecule has 0 saturated carbocycles. The van der Waals surface area contributed by atoms with E-state index in [2.05, 4.69) is 22.4 Å². The zero-order valence-corrected chi connectivity index (χ0v) is 13.4. The highest BCUT2D eigenvalue weighted by molar-refractivity contribution is 5.93. The van der Waals surface area contributed by atoms with Gasteiger partial charge in [0, 0.05) is 19.3 Å². The number of para-hydroxylation sites is 2. The molecule has 1 amide bonds. The molecule has 0 bridgehead atoms. The summed E-state index contributed by atoms with van der Waals surface area (Å²) in [6.07, 6.45) is 3.46. The lowest BCUT2D eigenvalue weighted by molar-refractivity contribution is -0.116. The van der Waals surface area contributed by atoms with Gasteiger partial charge in [-0.2, -0.15) is 4.98 Å². The van der Waals surface area contributed by atoms with E-state index in [1.165, 1.54) is 0 Å². The average Bonchev–Trinajstić information content (AvgIpc) is 2.89. The van der Waals surface area contributed by atoms with Crippen molar-refractivity contribution in [3.8, 4) is 0 Å². The number of hydrogen-bond acceptors (Lipinski definition) is 5. The molecule has 2 aromatic rings. The number of amides is 1. The van der Waals surface area contributed by atoms with Gasteiger partial charge in [-0.05, 0) is 25.0 Å². The van der Waals surface area contributed by atoms with Gasteiger partial charge in [-0.25, -0.2) is 0 Å². The van der Waals surface area contributed by atoms with Gasteiger partial charge in [0.2, 0.25) is 11.8 Å². The SMILES string of the molecule is CCCc1noc(CCCC(=O)Nc2ccccc2N)n1.Cl. The number of halogens is 1. The summed E-state index contributed by atoms with van der Waals surface area (Å²) >= 11 is 0. The first-order chi connectivity index (χ1) is 10.2. The number of carbonyl (C=O) groups is 1. The van der Waals surface area contributed by atoms with Crippen LogP contribution in [0.15, 0.2) is 28.8 Å². The fourth-order valence-electron chi connectivity index (χ4n) is 1.94. The molecule has 3 N–H and O–H groups in total. The minimum Gasteiger partial charge on any atom is -0.397 e. The Morgan fingerprint density at radius 2 is 2.09 bits per heavy atom. The van der Waals surface area contributed by atoms with E-state index in [0.717, 1.165) is 18.7 Å². The molecular weight excluding hydrogens is 304 g/mol. The van der Waals surface area contributed by atoms with Gasteiger partial charge in [0.1, 0.15) is 0 Å². The number of rotatable bonds is 7. The summed E-state index contributed by atoms with van der Waals surface area (Å²) in [6, 6.07) is 7.19. The van der Waals surface area contributed by atoms with Gasteiger partial charge < -0.3 is 15.6 Å². The van der Waals surface area contributed by atoms with Crippen LogP contribution in [0.4, 0.5) is 11.4 Å². The fourth-order valence-corrected chi connectivity index (χ4v) is 1.94. The smallest absolute Gasteiger partial charge is 0.226 e. The topological polar surface area (TPSA) is 94.0 Å². The van der Waals surface area contributed by atoms with E-state index in [4.69, 9.17) is 10.3 Å². The highest BCUT2D eigenvalue weighted by Crippen LogP contribution is 2.17. The van der Waals surface area contributed by atoms with E-state index < -0.39 is 0 Å². The maximum Gasteiger partial charge on any atom is 0.226 e. The Morgan fingerprint density at radius 1 is 1.32 bits per heavy atom. The van der Waals surface area contributed by atoms with Crippen LogP contribution in [0.5, 0.6) is 0 Å². The standard InChI is InChI=1S/C15H20N4O2.ClH/c1-2-6-13-18-15(21-19-13)10-5-9-14(20)17-12-8-4-3-7-11(12)16;/h3-4,7-8H,2,5-6,9-10,16H2,1H3,(H,17,20);1H. The number of nitrogens with zero attached hydrogens (tertiary/aromatic N) is 2. The number of anilines is 2. The highest BCUT2D eigenvalue weighted by Gasteiger charge is 2.08. The molecule has 1 aromatic heterocycles. The van der Waals surface area contributed by atoms with Crippen molar-refractivity contribution in [2.45, 2.75) is 39.0 Å². The Labute approximate surface area is 135 Å². The van der Waals surface area contributed by atoms with Crippen LogP contribution >= 0.6 is 12.4 Å². The number of hydrogen-bond donors (Lipinski definition) is 2. The Balaban J connectivity index is 0.00000242. The van der Waals surface area contributed by atoms with Crippen LogP contribution in [0.3, 0.4) is 0 Å². The average molecular weight is 325 g/mol. The van der Waals surface area contributed by atoms with E-state index in [1.54, 1.807) is 12.1 Å². The highest BCUT2D eigenvalue weighted by atomic mass is 35.5. The van der Waals surface area contributed by atoms with Crippen LogP contribution in [0.2, 0.25) is 0 Å². The van der Waals surface area contributed by atoms with Crippen molar-refractivity contribution in [3.05, 3.63) is 36.0 Å². The molecule has 0 spiro atoms. The first-order valence-corrected chi connectivity index (χ1v) is 7.15. The number of nitrogens with one attached hydrogen (secondary N) is 1. The Morgan fingerprint density at radius 3 is 2.82 bits per heavy atom. The number of nitrogen functional groups attached to an aromatic ring is 1. The summed E-state index contributed by atoms with van der Waals surface area (Å²) in [5, 5.41) is 6.67. The van der Waals surface area contributed by atoms with Crippen LogP contribution in [0, 0.1) is 0 Å². The van der Waals surface area contributed by atoms with E-state index in [9.17, 15) is 4.79 Å². The second-order valence-electron chi connectivity index (χ2n) is 4.84. The molecule has 2 rings (SSSR count). The number of carbonyl (C=O) groups excluding carboxylic acids is 1. The summed E-state index contributed by atoms with van der Waals surface area (Å²) in [5.74, 6) is 1.25. The summed E-state index contributed by atoms with van der Waals surface area (Å²) in [6.45, 7) is 2.07. The van der Waals surface area contributed by atoms with Crippen LogP contribution in [0.1, 0.15) is 37.9 Å². The van der Waals surface area contributed by atoms with Crippen molar-refractivity contribution in [2.75, 3.05) is 11.1 Å². The lowest BCUT2D eigenvalue weighted by atomic mass is 10.2. The maximum atomic E-state index is 11.8. The Bertz CT molecular complexity index is 601. The third-order valence-corrected chi connectivity index (χ3v) is 3.01. The second kappa shape index (κ2) is 9.04. The minimum absolute atomic E-state index is 0. The molecule has 0 saturated heterocycles. The molecule has 1 aromatic carbocycles. The molecule has 0 atom stereocenters. The van der Waals surface area contributed by atoms with Gasteiger partial charge in [-0.15, -0.1) is 12.4 Å². The van der Waals surface area contributed by atoms with Crippen molar-refractivity contribution in [3.63, 3.8) is 0 Å². The molecule has 22 heavy (non-hydrogen) atoms. The number of nitrogens with two attached hydrogens (primary N) is 1. The lowest BCUT2D eigenvalue weighted by Crippen LogP contribution is -2.12. The predicted octanol–water partition coefficient (Wildman–Crippen LogP) is 2.99. The maximum absolute atomic E-state index is 11.8. The molecule has 1 heterocycles. The summed E-state index contributed by atoms with van der Waals surface area (Å²) in [7, 11) is 0. The molecule has 0 aliphatic heterocycles. The first-order valence-electron chi connectivity index (χ1n) is 7.15. The molecule has 0 aliphatic carbocycles. The normalized spacial score (nSPS) is 10.0. The lowest BCUT2D eigenvalue weighted by Gasteiger charge is -2.06. The van der Waals surface area contributed by atoms with Crippen LogP contribution in [-0.2, 0) is 17.6 Å². The van der Waals surface area contributed by atoms with E-state index in [1.807, 2.05) is 12.1 Å². The van der Waals surface area contributed by atoms with Gasteiger partial charge in [-0.1, -0.05) is 24.2 Å². The molecule has 0 aliphatic rings. The van der Waals surface area contributed by atoms with Gasteiger partial charge >= 0.3 is 0 Å². The summed E-state index contributed by atoms with van der Waals surface area (Å²) in [4.78, 5) is 16.1. The van der Waals surface area contributed by atoms with Crippen molar-refractivity contribution < 1.29 is 9.32 Å². The van der Waals surface area contributed by atoms with Crippen molar-refractivity contribution in [1.29, 1.82) is 0 Å². The van der Waals surface area contributed by atoms with E-state index in [-0.39, 0.29) is 18.3 Å². The third-order valence-electron chi connectivity index (χ3n) is 3.01. The van der Waals surface area contributed by atoms with Crippen molar-refractivity contribution >= 4 is 29.7 Å². The largest absolute Gasteiger partial charge is 0.397 e. The zero-order valence-electron chi connectivity index (χ0n) is 12.5. The van der Waals surface area contributed by atoms with E-state index in [0.29, 0.717) is 36.5 Å².